The Bertz CT molecular complexity index is 460. The van der Waals surface area contributed by atoms with Gasteiger partial charge in [0.1, 0.15) is 5.82 Å². The molecular formula is C17H31F2N5. The molecule has 1 heterocycles. The van der Waals surface area contributed by atoms with Gasteiger partial charge in [-0.05, 0) is 6.42 Å². The van der Waals surface area contributed by atoms with E-state index in [1.54, 1.807) is 7.05 Å². The third-order valence-corrected chi connectivity index (χ3v) is 3.92. The van der Waals surface area contributed by atoms with Crippen LogP contribution < -0.4 is 10.6 Å². The monoisotopic (exact) mass is 343 g/mol. The van der Waals surface area contributed by atoms with Gasteiger partial charge in [0.05, 0.1) is 6.54 Å². The van der Waals surface area contributed by atoms with Gasteiger partial charge in [-0.2, -0.15) is 8.78 Å². The molecule has 0 aliphatic heterocycles. The van der Waals surface area contributed by atoms with Crippen LogP contribution in [0.15, 0.2) is 17.4 Å². The Balaban J connectivity index is 2.12. The van der Waals surface area contributed by atoms with E-state index in [1.165, 1.54) is 57.3 Å². The van der Waals surface area contributed by atoms with Crippen molar-refractivity contribution in [3.05, 3.63) is 18.2 Å². The van der Waals surface area contributed by atoms with E-state index in [1.807, 2.05) is 0 Å². The Hall–Kier alpha value is -1.66. The summed E-state index contributed by atoms with van der Waals surface area (Å²) in [5.74, 6) is 0.904. The van der Waals surface area contributed by atoms with Gasteiger partial charge in [0, 0.05) is 26.0 Å². The first-order chi connectivity index (χ1) is 11.7. The molecule has 1 aromatic heterocycles. The zero-order valence-electron chi connectivity index (χ0n) is 14.9. The molecule has 0 aliphatic carbocycles. The molecule has 2 N–H and O–H groups in total. The number of aliphatic imine (C=N–C) groups is 1. The molecule has 0 radical (unpaired) electrons. The van der Waals surface area contributed by atoms with Crippen molar-refractivity contribution in [3.63, 3.8) is 0 Å². The van der Waals surface area contributed by atoms with E-state index in [9.17, 15) is 8.78 Å². The van der Waals surface area contributed by atoms with Crippen molar-refractivity contribution in [2.75, 3.05) is 13.6 Å². The van der Waals surface area contributed by atoms with Crippen molar-refractivity contribution in [3.8, 4) is 0 Å². The van der Waals surface area contributed by atoms with E-state index < -0.39 is 6.55 Å². The van der Waals surface area contributed by atoms with Crippen LogP contribution in [0.25, 0.3) is 0 Å². The summed E-state index contributed by atoms with van der Waals surface area (Å²) in [4.78, 5) is 8.03. The summed E-state index contributed by atoms with van der Waals surface area (Å²) in [5.41, 5.74) is 0. The first kappa shape index (κ1) is 20.4. The number of imidazole rings is 1. The Kier molecular flexibility index (Phi) is 10.8. The lowest BCUT2D eigenvalue weighted by atomic mass is 10.1. The molecule has 0 bridgehead atoms. The van der Waals surface area contributed by atoms with Crippen molar-refractivity contribution in [2.45, 2.75) is 71.4 Å². The molecule has 0 spiro atoms. The second kappa shape index (κ2) is 12.7. The van der Waals surface area contributed by atoms with Crippen LogP contribution in [-0.4, -0.2) is 29.1 Å². The van der Waals surface area contributed by atoms with Crippen LogP contribution in [-0.2, 0) is 6.54 Å². The largest absolute Gasteiger partial charge is 0.356 e. The zero-order chi connectivity index (χ0) is 17.6. The van der Waals surface area contributed by atoms with Crippen molar-refractivity contribution in [2.24, 2.45) is 4.99 Å². The minimum atomic E-state index is -2.57. The second-order valence-electron chi connectivity index (χ2n) is 5.86. The van der Waals surface area contributed by atoms with E-state index >= 15 is 0 Å². The van der Waals surface area contributed by atoms with E-state index in [2.05, 4.69) is 27.5 Å². The van der Waals surface area contributed by atoms with Crippen LogP contribution in [0, 0.1) is 0 Å². The molecule has 0 saturated carbocycles. The summed E-state index contributed by atoms with van der Waals surface area (Å²) in [6.45, 7) is 0.705. The molecule has 0 amide bonds. The van der Waals surface area contributed by atoms with Gasteiger partial charge >= 0.3 is 6.55 Å². The van der Waals surface area contributed by atoms with Crippen molar-refractivity contribution in [1.82, 2.24) is 20.2 Å². The Morgan fingerprint density at radius 3 is 2.42 bits per heavy atom. The quantitative estimate of drug-likeness (QED) is 0.341. The third-order valence-electron chi connectivity index (χ3n) is 3.92. The highest BCUT2D eigenvalue weighted by atomic mass is 19.3. The molecule has 0 aromatic carbocycles. The molecule has 0 saturated heterocycles. The third kappa shape index (κ3) is 8.26. The molecule has 138 valence electrons. The van der Waals surface area contributed by atoms with Crippen LogP contribution in [0.3, 0.4) is 0 Å². The van der Waals surface area contributed by atoms with E-state index in [-0.39, 0.29) is 6.54 Å². The molecular weight excluding hydrogens is 312 g/mol. The lowest BCUT2D eigenvalue weighted by Crippen LogP contribution is -2.37. The van der Waals surface area contributed by atoms with Gasteiger partial charge in [0.25, 0.3) is 0 Å². The highest BCUT2D eigenvalue weighted by Crippen LogP contribution is 2.12. The Morgan fingerprint density at radius 1 is 1.12 bits per heavy atom. The number of guanidine groups is 1. The topological polar surface area (TPSA) is 54.2 Å². The number of alkyl halides is 2. The standard InChI is InChI=1S/C17H31F2N5/c1-3-4-5-6-7-8-9-10-11-22-17(20-2)23-14-15-21-12-13-24(15)16(18)19/h12-13,16H,3-11,14H2,1-2H3,(H2,20,22,23). The predicted octanol–water partition coefficient (Wildman–Crippen LogP) is 4.08. The van der Waals surface area contributed by atoms with Gasteiger partial charge in [-0.1, -0.05) is 51.9 Å². The second-order valence-corrected chi connectivity index (χ2v) is 5.86. The van der Waals surface area contributed by atoms with E-state index in [4.69, 9.17) is 0 Å². The van der Waals surface area contributed by atoms with Gasteiger partial charge in [-0.3, -0.25) is 9.56 Å². The molecule has 1 rings (SSSR count). The highest BCUT2D eigenvalue weighted by Gasteiger charge is 2.11. The molecule has 5 nitrogen and oxygen atoms in total. The summed E-state index contributed by atoms with van der Waals surface area (Å²) >= 11 is 0. The summed E-state index contributed by atoms with van der Waals surface area (Å²) in [6, 6.07) is 0. The van der Waals surface area contributed by atoms with E-state index in [0.29, 0.717) is 11.8 Å². The molecule has 0 fully saturated rings. The first-order valence-electron chi connectivity index (χ1n) is 8.93. The van der Waals surface area contributed by atoms with Crippen LogP contribution in [0.1, 0.15) is 70.7 Å². The van der Waals surface area contributed by atoms with Gasteiger partial charge < -0.3 is 10.6 Å². The first-order valence-corrected chi connectivity index (χ1v) is 8.93. The molecule has 1 aromatic rings. The number of hydrogen-bond acceptors (Lipinski definition) is 2. The van der Waals surface area contributed by atoms with Gasteiger partial charge in [-0.15, -0.1) is 0 Å². The number of aromatic nitrogens is 2. The van der Waals surface area contributed by atoms with Crippen molar-refractivity contribution in [1.29, 1.82) is 0 Å². The highest BCUT2D eigenvalue weighted by molar-refractivity contribution is 5.79. The summed E-state index contributed by atoms with van der Waals surface area (Å²) in [7, 11) is 1.67. The predicted molar refractivity (Wildman–Crippen MR) is 94.3 cm³/mol. The lowest BCUT2D eigenvalue weighted by molar-refractivity contribution is 0.0668. The normalized spacial score (nSPS) is 12.0. The molecule has 7 heteroatoms. The van der Waals surface area contributed by atoms with Gasteiger partial charge in [0.15, 0.2) is 5.96 Å². The van der Waals surface area contributed by atoms with Crippen LogP contribution in [0.5, 0.6) is 0 Å². The Labute approximate surface area is 144 Å². The molecule has 0 unspecified atom stereocenters. The summed E-state index contributed by atoms with van der Waals surface area (Å²) in [6.07, 6.45) is 12.8. The SMILES string of the molecule is CCCCCCCCCCNC(=NC)NCc1nccn1C(F)F. The van der Waals surface area contributed by atoms with Crippen LogP contribution >= 0.6 is 0 Å². The molecule has 0 aliphatic rings. The number of unbranched alkanes of at least 4 members (excludes halogenated alkanes) is 7. The zero-order valence-corrected chi connectivity index (χ0v) is 14.9. The van der Waals surface area contributed by atoms with Gasteiger partial charge in [0.2, 0.25) is 0 Å². The fourth-order valence-corrected chi connectivity index (χ4v) is 2.51. The lowest BCUT2D eigenvalue weighted by Gasteiger charge is -2.12. The fourth-order valence-electron chi connectivity index (χ4n) is 2.51. The minimum Gasteiger partial charge on any atom is -0.356 e. The van der Waals surface area contributed by atoms with E-state index in [0.717, 1.165) is 17.5 Å². The number of nitrogens with one attached hydrogen (secondary N) is 2. The number of halogens is 2. The average molecular weight is 343 g/mol. The maximum absolute atomic E-state index is 12.7. The smallest absolute Gasteiger partial charge is 0.319 e. The fraction of sp³-hybridized carbons (Fsp3) is 0.765. The van der Waals surface area contributed by atoms with Gasteiger partial charge in [-0.25, -0.2) is 4.98 Å². The number of hydrogen-bond donors (Lipinski definition) is 2. The maximum atomic E-state index is 12.7. The van der Waals surface area contributed by atoms with Crippen LogP contribution in [0.2, 0.25) is 0 Å². The van der Waals surface area contributed by atoms with Crippen molar-refractivity contribution >= 4 is 5.96 Å². The maximum Gasteiger partial charge on any atom is 0.319 e. The Morgan fingerprint density at radius 2 is 1.79 bits per heavy atom. The minimum absolute atomic E-state index is 0.217. The van der Waals surface area contributed by atoms with Crippen molar-refractivity contribution < 1.29 is 8.78 Å². The molecule has 0 atom stereocenters. The summed E-state index contributed by atoms with van der Waals surface area (Å²) in [5, 5.41) is 6.22. The molecule has 24 heavy (non-hydrogen) atoms. The average Bonchev–Trinajstić information content (AvgIpc) is 3.05. The number of nitrogens with zero attached hydrogens (tertiary/aromatic N) is 3. The number of rotatable bonds is 12. The summed E-state index contributed by atoms with van der Waals surface area (Å²) < 4.78 is 26.3. The van der Waals surface area contributed by atoms with Crippen LogP contribution in [0.4, 0.5) is 8.78 Å².